The molecule has 2 aliphatic carbocycles. The lowest BCUT2D eigenvalue weighted by Crippen LogP contribution is -2.48. The van der Waals surface area contributed by atoms with Crippen molar-refractivity contribution in [1.82, 2.24) is 0 Å². The Morgan fingerprint density at radius 2 is 1.96 bits per heavy atom. The molecule has 2 heterocycles. The van der Waals surface area contributed by atoms with Crippen molar-refractivity contribution in [3.63, 3.8) is 0 Å². The third-order valence-corrected chi connectivity index (χ3v) is 5.99. The highest BCUT2D eigenvalue weighted by molar-refractivity contribution is 5.89. The SMILES string of the molecule is CC1(C)O[C@H]2O[C@@]3(COC(=O)c4ccccc4)[C@@H]([C@H]2O1)[C@H]1C=C[C@@H]3C1. The average Bonchev–Trinajstić information content (AvgIpc) is 3.30. The maximum atomic E-state index is 12.4. The predicted octanol–water partition coefficient (Wildman–Crippen LogP) is 2.91. The van der Waals surface area contributed by atoms with Gasteiger partial charge in [0.15, 0.2) is 12.1 Å². The Morgan fingerprint density at radius 1 is 1.16 bits per heavy atom. The molecule has 2 bridgehead atoms. The van der Waals surface area contributed by atoms with E-state index in [1.54, 1.807) is 12.1 Å². The molecule has 1 aromatic rings. The number of carbonyl (C=O) groups is 1. The molecule has 1 aromatic carbocycles. The molecule has 0 unspecified atom stereocenters. The lowest BCUT2D eigenvalue weighted by molar-refractivity contribution is -0.242. The van der Waals surface area contributed by atoms with E-state index in [-0.39, 0.29) is 36.8 Å². The van der Waals surface area contributed by atoms with Crippen LogP contribution in [0.4, 0.5) is 0 Å². The molecule has 3 fully saturated rings. The summed E-state index contributed by atoms with van der Waals surface area (Å²) in [6.45, 7) is 4.06. The van der Waals surface area contributed by atoms with Gasteiger partial charge in [-0.1, -0.05) is 30.4 Å². The zero-order valence-corrected chi connectivity index (χ0v) is 14.4. The van der Waals surface area contributed by atoms with Gasteiger partial charge in [0.2, 0.25) is 0 Å². The Morgan fingerprint density at radius 3 is 2.76 bits per heavy atom. The van der Waals surface area contributed by atoms with Crippen molar-refractivity contribution in [1.29, 1.82) is 0 Å². The third-order valence-electron chi connectivity index (χ3n) is 5.99. The standard InChI is InChI=1S/C20H22O5/c1-19(2)23-16-15-13-8-9-14(10-13)20(15,25-18(16)24-19)11-22-17(21)12-6-4-3-5-7-12/h3-9,13-16,18H,10-11H2,1-2H3/t13-,14+,15+,16+,18-,20+/m0/s1. The van der Waals surface area contributed by atoms with Gasteiger partial charge in [0.05, 0.1) is 5.56 Å². The summed E-state index contributed by atoms with van der Waals surface area (Å²) in [7, 11) is 0. The maximum absolute atomic E-state index is 12.4. The van der Waals surface area contributed by atoms with Crippen molar-refractivity contribution in [2.24, 2.45) is 17.8 Å². The third kappa shape index (κ3) is 2.23. The molecule has 0 radical (unpaired) electrons. The number of allylic oxidation sites excluding steroid dienone is 1. The summed E-state index contributed by atoms with van der Waals surface area (Å²) in [5.74, 6) is -0.144. The summed E-state index contributed by atoms with van der Waals surface area (Å²) in [4.78, 5) is 12.4. The normalized spacial score (nSPS) is 42.4. The number of rotatable bonds is 3. The van der Waals surface area contributed by atoms with Crippen LogP contribution in [0.15, 0.2) is 42.5 Å². The van der Waals surface area contributed by atoms with Crippen molar-refractivity contribution in [2.45, 2.75) is 44.1 Å². The second kappa shape index (κ2) is 5.16. The largest absolute Gasteiger partial charge is 0.459 e. The molecule has 5 nitrogen and oxygen atoms in total. The first-order valence-electron chi connectivity index (χ1n) is 8.92. The van der Waals surface area contributed by atoms with E-state index < -0.39 is 11.4 Å². The molecule has 2 saturated heterocycles. The Kier molecular flexibility index (Phi) is 3.21. The molecule has 5 rings (SSSR count). The fourth-order valence-electron chi connectivity index (χ4n) is 5.03. The Bertz CT molecular complexity index is 727. The van der Waals surface area contributed by atoms with E-state index in [2.05, 4.69) is 12.2 Å². The minimum atomic E-state index is -0.631. The lowest BCUT2D eigenvalue weighted by atomic mass is 9.78. The van der Waals surface area contributed by atoms with Crippen LogP contribution in [0.5, 0.6) is 0 Å². The lowest BCUT2D eigenvalue weighted by Gasteiger charge is -2.37. The molecular weight excluding hydrogens is 320 g/mol. The van der Waals surface area contributed by atoms with Crippen molar-refractivity contribution < 1.29 is 23.7 Å². The van der Waals surface area contributed by atoms with Crippen LogP contribution in [0.2, 0.25) is 0 Å². The second-order valence-electron chi connectivity index (χ2n) is 7.90. The van der Waals surface area contributed by atoms with Gasteiger partial charge in [-0.05, 0) is 38.3 Å². The van der Waals surface area contributed by atoms with Crippen LogP contribution in [0.1, 0.15) is 30.6 Å². The van der Waals surface area contributed by atoms with Gasteiger partial charge >= 0.3 is 5.97 Å². The first-order chi connectivity index (χ1) is 12.0. The van der Waals surface area contributed by atoms with Crippen LogP contribution in [-0.4, -0.2) is 36.4 Å². The molecule has 0 aromatic heterocycles. The van der Waals surface area contributed by atoms with Crippen LogP contribution in [0.3, 0.4) is 0 Å². The van der Waals surface area contributed by atoms with E-state index in [1.807, 2.05) is 32.0 Å². The van der Waals surface area contributed by atoms with E-state index in [0.29, 0.717) is 11.5 Å². The first kappa shape index (κ1) is 15.6. The van der Waals surface area contributed by atoms with Crippen LogP contribution >= 0.6 is 0 Å². The van der Waals surface area contributed by atoms with Gasteiger partial charge in [-0.2, -0.15) is 0 Å². The number of carbonyl (C=O) groups excluding carboxylic acids is 1. The van der Waals surface area contributed by atoms with Crippen molar-refractivity contribution in [3.05, 3.63) is 48.0 Å². The molecule has 25 heavy (non-hydrogen) atoms. The molecule has 0 N–H and O–H groups in total. The minimum Gasteiger partial charge on any atom is -0.459 e. The summed E-state index contributed by atoms with van der Waals surface area (Å²) in [5, 5.41) is 0. The summed E-state index contributed by atoms with van der Waals surface area (Å²) in [6.07, 6.45) is 4.99. The smallest absolute Gasteiger partial charge is 0.338 e. The van der Waals surface area contributed by atoms with Crippen LogP contribution < -0.4 is 0 Å². The second-order valence-corrected chi connectivity index (χ2v) is 7.90. The molecule has 4 aliphatic rings. The Balaban J connectivity index is 1.38. The predicted molar refractivity (Wildman–Crippen MR) is 88.6 cm³/mol. The van der Waals surface area contributed by atoms with E-state index in [9.17, 15) is 4.79 Å². The number of fused-ring (bicyclic) bond motifs is 7. The summed E-state index contributed by atoms with van der Waals surface area (Å²) >= 11 is 0. The monoisotopic (exact) mass is 342 g/mol. The highest BCUT2D eigenvalue weighted by Gasteiger charge is 2.70. The average molecular weight is 342 g/mol. The van der Waals surface area contributed by atoms with Gasteiger partial charge in [-0.3, -0.25) is 0 Å². The molecule has 5 heteroatoms. The highest BCUT2D eigenvalue weighted by Crippen LogP contribution is 2.61. The Labute approximate surface area is 146 Å². The number of ether oxygens (including phenoxy) is 4. The molecule has 6 atom stereocenters. The van der Waals surface area contributed by atoms with Gasteiger partial charge in [0.1, 0.15) is 18.3 Å². The number of hydrogen-bond donors (Lipinski definition) is 0. The summed E-state index contributed by atoms with van der Waals surface area (Å²) < 4.78 is 24.1. The maximum Gasteiger partial charge on any atom is 0.338 e. The highest BCUT2D eigenvalue weighted by atomic mass is 16.8. The van der Waals surface area contributed by atoms with Gasteiger partial charge in [0, 0.05) is 11.8 Å². The van der Waals surface area contributed by atoms with Crippen molar-refractivity contribution in [2.75, 3.05) is 6.61 Å². The van der Waals surface area contributed by atoms with Crippen LogP contribution in [0, 0.1) is 17.8 Å². The van der Waals surface area contributed by atoms with E-state index >= 15 is 0 Å². The fraction of sp³-hybridized carbons (Fsp3) is 0.550. The van der Waals surface area contributed by atoms with Crippen LogP contribution in [0.25, 0.3) is 0 Å². The van der Waals surface area contributed by atoms with E-state index in [4.69, 9.17) is 18.9 Å². The topological polar surface area (TPSA) is 54.0 Å². The molecule has 1 saturated carbocycles. The van der Waals surface area contributed by atoms with Crippen LogP contribution in [-0.2, 0) is 18.9 Å². The number of benzene rings is 1. The molecule has 132 valence electrons. The van der Waals surface area contributed by atoms with E-state index in [0.717, 1.165) is 6.42 Å². The van der Waals surface area contributed by atoms with Gasteiger partial charge in [-0.25, -0.2) is 4.79 Å². The quantitative estimate of drug-likeness (QED) is 0.624. The van der Waals surface area contributed by atoms with Gasteiger partial charge < -0.3 is 18.9 Å². The van der Waals surface area contributed by atoms with Gasteiger partial charge in [-0.15, -0.1) is 0 Å². The minimum absolute atomic E-state index is 0.106. The zero-order valence-electron chi connectivity index (χ0n) is 14.4. The number of esters is 1. The fourth-order valence-corrected chi connectivity index (χ4v) is 5.03. The number of hydrogen-bond acceptors (Lipinski definition) is 5. The molecular formula is C20H22O5. The molecule has 0 spiro atoms. The van der Waals surface area contributed by atoms with Crippen molar-refractivity contribution in [3.8, 4) is 0 Å². The zero-order chi connectivity index (χ0) is 17.2. The summed E-state index contributed by atoms with van der Waals surface area (Å²) in [5.41, 5.74) is 0.0244. The Hall–Kier alpha value is -1.69. The molecule has 2 aliphatic heterocycles. The first-order valence-corrected chi connectivity index (χ1v) is 8.92. The summed E-state index contributed by atoms with van der Waals surface area (Å²) in [6, 6.07) is 9.06. The van der Waals surface area contributed by atoms with E-state index in [1.165, 1.54) is 0 Å². The van der Waals surface area contributed by atoms with Gasteiger partial charge in [0.25, 0.3) is 0 Å². The molecule has 0 amide bonds. The van der Waals surface area contributed by atoms with Crippen molar-refractivity contribution >= 4 is 5.97 Å².